The van der Waals surface area contributed by atoms with Gasteiger partial charge < -0.3 is 20.3 Å². The van der Waals surface area contributed by atoms with Crippen LogP contribution in [0.2, 0.25) is 0 Å². The normalized spacial score (nSPS) is 12.8. The minimum Gasteiger partial charge on any atom is -0.466 e. The van der Waals surface area contributed by atoms with E-state index in [4.69, 9.17) is 4.74 Å². The molecule has 0 aromatic heterocycles. The quantitative estimate of drug-likeness (QED) is 0.0329. The molecule has 0 heterocycles. The van der Waals surface area contributed by atoms with E-state index in [0.717, 1.165) is 83.5 Å². The predicted molar refractivity (Wildman–Crippen MR) is 223 cm³/mol. The maximum atomic E-state index is 12.4. The van der Waals surface area contributed by atoms with Crippen molar-refractivity contribution in [1.82, 2.24) is 5.32 Å². The lowest BCUT2D eigenvalue weighted by molar-refractivity contribution is -0.143. The van der Waals surface area contributed by atoms with Crippen molar-refractivity contribution in [1.29, 1.82) is 0 Å². The molecule has 0 aliphatic rings. The Labute approximate surface area is 323 Å². The van der Waals surface area contributed by atoms with Crippen LogP contribution in [0.15, 0.2) is 12.2 Å². The molecule has 2 atom stereocenters. The molecule has 308 valence electrons. The van der Waals surface area contributed by atoms with Crippen LogP contribution in [0.4, 0.5) is 0 Å². The molecular formula is C46H89NO5. The molecule has 3 N–H and O–H groups in total. The van der Waals surface area contributed by atoms with Crippen molar-refractivity contribution in [2.45, 2.75) is 257 Å². The Morgan fingerprint density at radius 1 is 0.519 bits per heavy atom. The van der Waals surface area contributed by atoms with Crippen LogP contribution in [-0.2, 0) is 14.3 Å². The highest BCUT2D eigenvalue weighted by Gasteiger charge is 2.20. The van der Waals surface area contributed by atoms with Gasteiger partial charge in [0.25, 0.3) is 0 Å². The third kappa shape index (κ3) is 38.3. The number of carbonyl (C=O) groups is 2. The SMILES string of the molecule is CCCCCCCCCCCCCCCC(=O)OCCCC/C=C\CCCCCCCC(=O)NC(CO)C(O)CCCCCCCCCCCCC. The fourth-order valence-electron chi connectivity index (χ4n) is 6.98. The molecule has 0 aromatic carbocycles. The van der Waals surface area contributed by atoms with Crippen molar-refractivity contribution in [3.05, 3.63) is 12.2 Å². The summed E-state index contributed by atoms with van der Waals surface area (Å²) in [6.07, 6.45) is 46.0. The van der Waals surface area contributed by atoms with Gasteiger partial charge in [-0.2, -0.15) is 0 Å². The summed E-state index contributed by atoms with van der Waals surface area (Å²) in [6.45, 7) is 4.86. The monoisotopic (exact) mass is 736 g/mol. The number of esters is 1. The molecule has 0 fully saturated rings. The molecule has 0 saturated carbocycles. The summed E-state index contributed by atoms with van der Waals surface area (Å²) < 4.78 is 5.42. The van der Waals surface area contributed by atoms with E-state index in [1.54, 1.807) is 0 Å². The maximum Gasteiger partial charge on any atom is 0.305 e. The van der Waals surface area contributed by atoms with Crippen LogP contribution in [-0.4, -0.2) is 47.4 Å². The number of nitrogens with one attached hydrogen (secondary N) is 1. The zero-order chi connectivity index (χ0) is 38.0. The first-order chi connectivity index (χ1) is 25.5. The second-order valence-electron chi connectivity index (χ2n) is 15.7. The smallest absolute Gasteiger partial charge is 0.305 e. The Bertz CT molecular complexity index is 772. The van der Waals surface area contributed by atoms with Crippen LogP contribution in [0.25, 0.3) is 0 Å². The van der Waals surface area contributed by atoms with Crippen molar-refractivity contribution in [2.75, 3.05) is 13.2 Å². The Morgan fingerprint density at radius 3 is 1.37 bits per heavy atom. The number of aliphatic hydroxyl groups excluding tert-OH is 2. The van der Waals surface area contributed by atoms with Gasteiger partial charge in [-0.3, -0.25) is 9.59 Å². The molecule has 0 aliphatic heterocycles. The Hall–Kier alpha value is -1.40. The van der Waals surface area contributed by atoms with Crippen LogP contribution in [0.5, 0.6) is 0 Å². The second kappa shape index (κ2) is 42.3. The lowest BCUT2D eigenvalue weighted by Gasteiger charge is -2.22. The fraction of sp³-hybridized carbons (Fsp3) is 0.913. The maximum absolute atomic E-state index is 12.4. The van der Waals surface area contributed by atoms with E-state index < -0.39 is 12.1 Å². The predicted octanol–water partition coefficient (Wildman–Crippen LogP) is 13.0. The summed E-state index contributed by atoms with van der Waals surface area (Å²) in [6, 6.07) is -0.559. The van der Waals surface area contributed by atoms with Gasteiger partial charge in [0.05, 0.1) is 25.4 Å². The summed E-state index contributed by atoms with van der Waals surface area (Å²) in [5.41, 5.74) is 0. The van der Waals surface area contributed by atoms with E-state index in [0.29, 0.717) is 25.9 Å². The van der Waals surface area contributed by atoms with Crippen LogP contribution in [0, 0.1) is 0 Å². The second-order valence-corrected chi connectivity index (χ2v) is 15.7. The molecule has 52 heavy (non-hydrogen) atoms. The fourth-order valence-corrected chi connectivity index (χ4v) is 6.98. The molecule has 0 radical (unpaired) electrons. The summed E-state index contributed by atoms with van der Waals surface area (Å²) in [5, 5.41) is 23.1. The van der Waals surface area contributed by atoms with Gasteiger partial charge in [-0.1, -0.05) is 193 Å². The number of amides is 1. The number of aliphatic hydroxyl groups is 2. The van der Waals surface area contributed by atoms with E-state index >= 15 is 0 Å². The van der Waals surface area contributed by atoms with Gasteiger partial charge in [-0.25, -0.2) is 0 Å². The average molecular weight is 736 g/mol. The molecule has 0 aliphatic carbocycles. The van der Waals surface area contributed by atoms with Crippen LogP contribution in [0.1, 0.15) is 245 Å². The van der Waals surface area contributed by atoms with E-state index in [-0.39, 0.29) is 18.5 Å². The number of hydrogen-bond acceptors (Lipinski definition) is 5. The Morgan fingerprint density at radius 2 is 0.904 bits per heavy atom. The van der Waals surface area contributed by atoms with Crippen molar-refractivity contribution in [3.63, 3.8) is 0 Å². The van der Waals surface area contributed by atoms with Gasteiger partial charge >= 0.3 is 5.97 Å². The minimum absolute atomic E-state index is 0.0302. The molecule has 0 bridgehead atoms. The Kier molecular flexibility index (Phi) is 41.2. The van der Waals surface area contributed by atoms with Gasteiger partial charge in [0.1, 0.15) is 0 Å². The molecule has 0 saturated heterocycles. The third-order valence-corrected chi connectivity index (χ3v) is 10.6. The minimum atomic E-state index is -0.679. The van der Waals surface area contributed by atoms with Gasteiger partial charge in [0, 0.05) is 12.8 Å². The van der Waals surface area contributed by atoms with Crippen LogP contribution < -0.4 is 5.32 Å². The van der Waals surface area contributed by atoms with Gasteiger partial charge in [0.15, 0.2) is 0 Å². The van der Waals surface area contributed by atoms with Crippen LogP contribution in [0.3, 0.4) is 0 Å². The van der Waals surface area contributed by atoms with E-state index in [1.807, 2.05) is 0 Å². The van der Waals surface area contributed by atoms with Crippen molar-refractivity contribution >= 4 is 11.9 Å². The number of rotatable bonds is 42. The number of allylic oxidation sites excluding steroid dienone is 2. The molecule has 6 nitrogen and oxygen atoms in total. The first kappa shape index (κ1) is 50.6. The highest BCUT2D eigenvalue weighted by atomic mass is 16.5. The van der Waals surface area contributed by atoms with E-state index in [1.165, 1.54) is 128 Å². The van der Waals surface area contributed by atoms with Crippen molar-refractivity contribution < 1.29 is 24.5 Å². The van der Waals surface area contributed by atoms with Gasteiger partial charge in [0.2, 0.25) is 5.91 Å². The molecular weight excluding hydrogens is 647 g/mol. The third-order valence-electron chi connectivity index (χ3n) is 10.6. The van der Waals surface area contributed by atoms with Gasteiger partial charge in [-0.05, 0) is 51.4 Å². The summed E-state index contributed by atoms with van der Waals surface area (Å²) in [5.74, 6) is -0.0954. The summed E-state index contributed by atoms with van der Waals surface area (Å²) >= 11 is 0. The van der Waals surface area contributed by atoms with E-state index in [2.05, 4.69) is 31.3 Å². The average Bonchev–Trinajstić information content (AvgIpc) is 3.14. The first-order valence-corrected chi connectivity index (χ1v) is 22.9. The summed E-state index contributed by atoms with van der Waals surface area (Å²) in [4.78, 5) is 24.3. The first-order valence-electron chi connectivity index (χ1n) is 22.9. The number of unbranched alkanes of at least 4 members (excludes halogenated alkanes) is 29. The molecule has 2 unspecified atom stereocenters. The Balaban J connectivity index is 3.51. The van der Waals surface area contributed by atoms with E-state index in [9.17, 15) is 19.8 Å². The highest BCUT2D eigenvalue weighted by Crippen LogP contribution is 2.15. The van der Waals surface area contributed by atoms with Crippen molar-refractivity contribution in [3.8, 4) is 0 Å². The van der Waals surface area contributed by atoms with Gasteiger partial charge in [-0.15, -0.1) is 0 Å². The lowest BCUT2D eigenvalue weighted by atomic mass is 10.0. The topological polar surface area (TPSA) is 95.9 Å². The number of carbonyl (C=O) groups excluding carboxylic acids is 2. The zero-order valence-corrected chi connectivity index (χ0v) is 34.8. The largest absolute Gasteiger partial charge is 0.466 e. The molecule has 1 amide bonds. The molecule has 0 aromatic rings. The molecule has 0 rings (SSSR count). The standard InChI is InChI=1S/C46H89NO5/c1-3-5-7-9-11-13-15-16-20-24-28-32-36-40-46(51)52-41-37-33-29-25-21-17-19-23-27-31-35-39-45(50)47-43(42-48)44(49)38-34-30-26-22-18-14-12-10-8-6-4-2/h21,25,43-44,48-49H,3-20,22-24,26-42H2,1-2H3,(H,47,50)/b25-21-. The highest BCUT2D eigenvalue weighted by molar-refractivity contribution is 5.76. The molecule has 0 spiro atoms. The lowest BCUT2D eigenvalue weighted by Crippen LogP contribution is -2.45. The summed E-state index contributed by atoms with van der Waals surface area (Å²) in [7, 11) is 0. The molecule has 6 heteroatoms. The van der Waals surface area contributed by atoms with Crippen molar-refractivity contribution in [2.24, 2.45) is 0 Å². The number of hydrogen-bond donors (Lipinski definition) is 3. The number of ether oxygens (including phenoxy) is 1. The zero-order valence-electron chi connectivity index (χ0n) is 34.8. The van der Waals surface area contributed by atoms with Crippen LogP contribution >= 0.6 is 0 Å².